The highest BCUT2D eigenvalue weighted by atomic mass is 19.1. The van der Waals surface area contributed by atoms with Crippen LogP contribution >= 0.6 is 0 Å². The van der Waals surface area contributed by atoms with Crippen molar-refractivity contribution in [1.29, 1.82) is 0 Å². The number of esters is 1. The molecule has 7 nitrogen and oxygen atoms in total. The van der Waals surface area contributed by atoms with E-state index in [1.54, 1.807) is 0 Å². The van der Waals surface area contributed by atoms with Gasteiger partial charge in [-0.25, -0.2) is 18.4 Å². The molecule has 0 fully saturated rings. The van der Waals surface area contributed by atoms with Gasteiger partial charge >= 0.3 is 18.0 Å². The first kappa shape index (κ1) is 16.3. The summed E-state index contributed by atoms with van der Waals surface area (Å²) >= 11 is 0. The van der Waals surface area contributed by atoms with Gasteiger partial charge in [-0.3, -0.25) is 4.79 Å². The first-order chi connectivity index (χ1) is 9.81. The molecular weight excluding hydrogens is 290 g/mol. The van der Waals surface area contributed by atoms with Gasteiger partial charge in [0.1, 0.15) is 17.7 Å². The van der Waals surface area contributed by atoms with Crippen LogP contribution in [0.15, 0.2) is 18.2 Å². The molecule has 0 aliphatic rings. The van der Waals surface area contributed by atoms with E-state index in [0.29, 0.717) is 6.07 Å². The number of carboxylic acids is 1. The number of halogens is 2. The lowest BCUT2D eigenvalue weighted by molar-refractivity contribution is -0.147. The van der Waals surface area contributed by atoms with E-state index in [4.69, 9.17) is 5.11 Å². The Morgan fingerprint density at radius 1 is 1.24 bits per heavy atom. The molecule has 0 radical (unpaired) electrons. The van der Waals surface area contributed by atoms with Crippen molar-refractivity contribution in [2.45, 2.75) is 12.5 Å². The number of ether oxygens (including phenoxy) is 1. The van der Waals surface area contributed by atoms with Gasteiger partial charge in [0.25, 0.3) is 0 Å². The molecular formula is C12H12F2N2O5. The molecule has 1 aromatic rings. The van der Waals surface area contributed by atoms with E-state index < -0.39 is 42.1 Å². The number of hydrogen-bond acceptors (Lipinski definition) is 4. The summed E-state index contributed by atoms with van der Waals surface area (Å²) in [6, 6.07) is -0.259. The molecule has 21 heavy (non-hydrogen) atoms. The smallest absolute Gasteiger partial charge is 0.326 e. The Morgan fingerprint density at radius 2 is 1.81 bits per heavy atom. The third kappa shape index (κ3) is 5.43. The van der Waals surface area contributed by atoms with E-state index in [0.717, 1.165) is 19.2 Å². The number of hydrogen-bond donors (Lipinski definition) is 3. The molecule has 1 atom stereocenters. The number of carbonyl (C=O) groups is 3. The molecule has 0 saturated carbocycles. The largest absolute Gasteiger partial charge is 0.480 e. The lowest BCUT2D eigenvalue weighted by Gasteiger charge is -2.14. The van der Waals surface area contributed by atoms with Gasteiger partial charge in [-0.1, -0.05) is 0 Å². The lowest BCUT2D eigenvalue weighted by Crippen LogP contribution is -2.44. The highest BCUT2D eigenvalue weighted by Crippen LogP contribution is 2.12. The summed E-state index contributed by atoms with van der Waals surface area (Å²) in [4.78, 5) is 33.4. The monoisotopic (exact) mass is 302 g/mol. The SMILES string of the molecule is COC(=O)C[C@H](NC(=O)Nc1cc(F)cc(F)c1)C(=O)O. The van der Waals surface area contributed by atoms with E-state index in [1.165, 1.54) is 0 Å². The Balaban J connectivity index is 2.69. The number of carbonyl (C=O) groups excluding carboxylic acids is 2. The van der Waals surface area contributed by atoms with E-state index in [1.807, 2.05) is 5.32 Å². The quantitative estimate of drug-likeness (QED) is 0.706. The number of carboxylic acid groups (broad SMARTS) is 1. The van der Waals surface area contributed by atoms with Crippen molar-refractivity contribution in [3.8, 4) is 0 Å². The highest BCUT2D eigenvalue weighted by molar-refractivity contribution is 5.93. The van der Waals surface area contributed by atoms with Gasteiger partial charge in [0.05, 0.1) is 13.5 Å². The summed E-state index contributed by atoms with van der Waals surface area (Å²) in [6.07, 6.45) is -0.587. The van der Waals surface area contributed by atoms with Crippen LogP contribution in [0.2, 0.25) is 0 Å². The molecule has 0 saturated heterocycles. The van der Waals surface area contributed by atoms with Gasteiger partial charge in [-0.05, 0) is 12.1 Å². The summed E-state index contributed by atoms with van der Waals surface area (Å²) < 4.78 is 30.1. The Morgan fingerprint density at radius 3 is 2.29 bits per heavy atom. The topological polar surface area (TPSA) is 105 Å². The van der Waals surface area contributed by atoms with Crippen molar-refractivity contribution in [3.63, 3.8) is 0 Å². The molecule has 0 spiro atoms. The molecule has 0 unspecified atom stereocenters. The molecule has 0 heterocycles. The van der Waals surface area contributed by atoms with Crippen molar-refractivity contribution in [2.24, 2.45) is 0 Å². The summed E-state index contributed by atoms with van der Waals surface area (Å²) in [5.41, 5.74) is -0.202. The third-order valence-corrected chi connectivity index (χ3v) is 2.32. The lowest BCUT2D eigenvalue weighted by atomic mass is 10.2. The van der Waals surface area contributed by atoms with Crippen molar-refractivity contribution in [1.82, 2.24) is 5.32 Å². The first-order valence-electron chi connectivity index (χ1n) is 5.65. The van der Waals surface area contributed by atoms with Crippen LogP contribution in [0.3, 0.4) is 0 Å². The second-order valence-electron chi connectivity index (χ2n) is 3.93. The van der Waals surface area contributed by atoms with Gasteiger partial charge in [0.15, 0.2) is 0 Å². The predicted molar refractivity (Wildman–Crippen MR) is 66.6 cm³/mol. The molecule has 3 N–H and O–H groups in total. The Bertz CT molecular complexity index is 544. The van der Waals surface area contributed by atoms with Crippen molar-refractivity contribution < 1.29 is 33.0 Å². The van der Waals surface area contributed by atoms with Gasteiger partial charge in [0, 0.05) is 11.8 Å². The zero-order chi connectivity index (χ0) is 16.0. The van der Waals surface area contributed by atoms with Crippen molar-refractivity contribution >= 4 is 23.7 Å². The molecule has 1 aromatic carbocycles. The number of anilines is 1. The highest BCUT2D eigenvalue weighted by Gasteiger charge is 2.23. The second kappa shape index (κ2) is 7.17. The molecule has 0 aliphatic heterocycles. The van der Waals surface area contributed by atoms with E-state index in [2.05, 4.69) is 10.1 Å². The molecule has 0 bridgehead atoms. The number of benzene rings is 1. The Hall–Kier alpha value is -2.71. The zero-order valence-electron chi connectivity index (χ0n) is 10.9. The summed E-state index contributed by atoms with van der Waals surface area (Å²) in [6.45, 7) is 0. The first-order valence-corrected chi connectivity index (χ1v) is 5.65. The average Bonchev–Trinajstić information content (AvgIpc) is 2.36. The third-order valence-electron chi connectivity index (χ3n) is 2.32. The standard InChI is InChI=1S/C12H12F2N2O5/c1-21-10(17)5-9(11(18)19)16-12(20)15-8-3-6(13)2-7(14)4-8/h2-4,9H,5H2,1H3,(H,18,19)(H2,15,16,20)/t9-/m0/s1. The van der Waals surface area contributed by atoms with Gasteiger partial charge in [-0.2, -0.15) is 0 Å². The van der Waals surface area contributed by atoms with Gasteiger partial charge in [-0.15, -0.1) is 0 Å². The van der Waals surface area contributed by atoms with E-state index >= 15 is 0 Å². The summed E-state index contributed by atoms with van der Waals surface area (Å²) in [5.74, 6) is -4.11. The number of aliphatic carboxylic acids is 1. The fraction of sp³-hybridized carbons (Fsp3) is 0.250. The van der Waals surface area contributed by atoms with Crippen LogP contribution in [0.4, 0.5) is 19.3 Å². The number of amides is 2. The number of rotatable bonds is 5. The Kier molecular flexibility index (Phi) is 5.58. The van der Waals surface area contributed by atoms with Crippen LogP contribution in [-0.2, 0) is 14.3 Å². The second-order valence-corrected chi connectivity index (χ2v) is 3.93. The fourth-order valence-electron chi connectivity index (χ4n) is 1.40. The number of methoxy groups -OCH3 is 1. The molecule has 2 amide bonds. The predicted octanol–water partition coefficient (Wildman–Crippen LogP) is 1.10. The van der Waals surface area contributed by atoms with Crippen LogP contribution in [0.25, 0.3) is 0 Å². The van der Waals surface area contributed by atoms with Gasteiger partial charge < -0.3 is 20.5 Å². The minimum Gasteiger partial charge on any atom is -0.480 e. The molecule has 1 rings (SSSR count). The molecule has 0 aliphatic carbocycles. The van der Waals surface area contributed by atoms with Crippen LogP contribution in [0, 0.1) is 11.6 Å². The maximum absolute atomic E-state index is 12.9. The van der Waals surface area contributed by atoms with Crippen LogP contribution in [0.1, 0.15) is 6.42 Å². The minimum atomic E-state index is -1.53. The minimum absolute atomic E-state index is 0.202. The van der Waals surface area contributed by atoms with E-state index in [-0.39, 0.29) is 5.69 Å². The van der Waals surface area contributed by atoms with Crippen LogP contribution in [-0.4, -0.2) is 36.2 Å². The summed E-state index contributed by atoms with van der Waals surface area (Å²) in [7, 11) is 1.07. The maximum Gasteiger partial charge on any atom is 0.326 e. The number of urea groups is 1. The number of nitrogens with one attached hydrogen (secondary N) is 2. The molecule has 114 valence electrons. The zero-order valence-corrected chi connectivity index (χ0v) is 10.9. The fourth-order valence-corrected chi connectivity index (χ4v) is 1.40. The normalized spacial score (nSPS) is 11.4. The summed E-state index contributed by atoms with van der Waals surface area (Å²) in [5, 5.41) is 12.9. The van der Waals surface area contributed by atoms with Crippen molar-refractivity contribution in [2.75, 3.05) is 12.4 Å². The van der Waals surface area contributed by atoms with E-state index in [9.17, 15) is 23.2 Å². The van der Waals surface area contributed by atoms with Gasteiger partial charge in [0.2, 0.25) is 0 Å². The molecule has 9 heteroatoms. The Labute approximate surface area is 117 Å². The van der Waals surface area contributed by atoms with Crippen LogP contribution in [0.5, 0.6) is 0 Å². The van der Waals surface area contributed by atoms with Crippen LogP contribution < -0.4 is 10.6 Å². The van der Waals surface area contributed by atoms with Crippen molar-refractivity contribution in [3.05, 3.63) is 29.8 Å². The molecule has 0 aromatic heterocycles. The average molecular weight is 302 g/mol. The maximum atomic E-state index is 12.9.